The summed E-state index contributed by atoms with van der Waals surface area (Å²) in [4.78, 5) is 29.6. The summed E-state index contributed by atoms with van der Waals surface area (Å²) in [5.41, 5.74) is 3.48. The number of carbonyl (C=O) groups excluding carboxylic acids is 2. The summed E-state index contributed by atoms with van der Waals surface area (Å²) < 4.78 is 32.4. The van der Waals surface area contributed by atoms with E-state index in [9.17, 15) is 18.0 Å². The standard InChI is InChI=1S/C25H29N3O5S/c1-6-28(7-2)34(31,32)23-14-20(10-9-17(23)4)27-24(29)15-33-25(30)21-13-19-12-16(3)8-11-22(19)26-18(21)5/h8-14H,6-7,15H2,1-5H3,(H,27,29). The largest absolute Gasteiger partial charge is 0.452 e. The van der Waals surface area contributed by atoms with Crippen molar-refractivity contribution in [3.8, 4) is 0 Å². The van der Waals surface area contributed by atoms with Gasteiger partial charge in [-0.15, -0.1) is 0 Å². The van der Waals surface area contributed by atoms with Crippen molar-refractivity contribution in [2.24, 2.45) is 0 Å². The van der Waals surface area contributed by atoms with Crippen molar-refractivity contribution < 1.29 is 22.7 Å². The second-order valence-corrected chi connectivity index (χ2v) is 9.92. The van der Waals surface area contributed by atoms with E-state index in [0.717, 1.165) is 16.5 Å². The number of nitrogens with one attached hydrogen (secondary N) is 1. The maximum absolute atomic E-state index is 12.9. The van der Waals surface area contributed by atoms with Gasteiger partial charge in [0.2, 0.25) is 10.0 Å². The van der Waals surface area contributed by atoms with Crippen LogP contribution in [0, 0.1) is 20.8 Å². The van der Waals surface area contributed by atoms with E-state index in [-0.39, 0.29) is 10.5 Å². The Balaban J connectivity index is 1.71. The minimum Gasteiger partial charge on any atom is -0.452 e. The Morgan fingerprint density at radius 3 is 2.38 bits per heavy atom. The molecule has 0 radical (unpaired) electrons. The zero-order valence-electron chi connectivity index (χ0n) is 20.0. The van der Waals surface area contributed by atoms with Gasteiger partial charge in [-0.05, 0) is 56.7 Å². The van der Waals surface area contributed by atoms with Crippen LogP contribution in [0.1, 0.15) is 41.0 Å². The first-order valence-corrected chi connectivity index (χ1v) is 12.5. The molecule has 0 aliphatic rings. The van der Waals surface area contributed by atoms with Crippen molar-refractivity contribution in [3.63, 3.8) is 0 Å². The molecule has 0 saturated carbocycles. The number of aromatic nitrogens is 1. The molecule has 0 aliphatic carbocycles. The smallest absolute Gasteiger partial charge is 0.340 e. The number of carbonyl (C=O) groups is 2. The number of anilines is 1. The Bertz CT molecular complexity index is 1350. The van der Waals surface area contributed by atoms with Gasteiger partial charge in [-0.25, -0.2) is 13.2 Å². The molecule has 0 atom stereocenters. The minimum atomic E-state index is -3.69. The SMILES string of the molecule is CCN(CC)S(=O)(=O)c1cc(NC(=O)COC(=O)c2cc3cc(C)ccc3nc2C)ccc1C. The maximum Gasteiger partial charge on any atom is 0.340 e. The summed E-state index contributed by atoms with van der Waals surface area (Å²) in [5, 5.41) is 3.41. The van der Waals surface area contributed by atoms with Crippen molar-refractivity contribution >= 4 is 38.5 Å². The number of fused-ring (bicyclic) bond motifs is 1. The number of ether oxygens (including phenoxy) is 1. The van der Waals surface area contributed by atoms with Crippen molar-refractivity contribution in [1.82, 2.24) is 9.29 Å². The third-order valence-corrected chi connectivity index (χ3v) is 7.70. The average Bonchev–Trinajstić information content (AvgIpc) is 2.79. The van der Waals surface area contributed by atoms with Gasteiger partial charge in [0.1, 0.15) is 0 Å². The Hall–Kier alpha value is -3.30. The predicted molar refractivity (Wildman–Crippen MR) is 131 cm³/mol. The number of aryl methyl sites for hydroxylation is 3. The molecule has 0 aliphatic heterocycles. The van der Waals surface area contributed by atoms with Gasteiger partial charge in [0.15, 0.2) is 6.61 Å². The van der Waals surface area contributed by atoms with E-state index < -0.39 is 28.5 Å². The molecule has 1 amide bonds. The van der Waals surface area contributed by atoms with Gasteiger partial charge in [-0.1, -0.05) is 31.5 Å². The molecular formula is C25H29N3O5S. The first-order chi connectivity index (χ1) is 16.1. The van der Waals surface area contributed by atoms with E-state index in [0.29, 0.717) is 30.0 Å². The number of nitrogens with zero attached hydrogens (tertiary/aromatic N) is 2. The van der Waals surface area contributed by atoms with Crippen LogP contribution in [-0.2, 0) is 19.6 Å². The molecule has 1 aromatic heterocycles. The molecule has 0 unspecified atom stereocenters. The highest BCUT2D eigenvalue weighted by molar-refractivity contribution is 7.89. The van der Waals surface area contributed by atoms with E-state index in [1.54, 1.807) is 45.9 Å². The molecule has 2 aromatic carbocycles. The molecule has 9 heteroatoms. The zero-order chi connectivity index (χ0) is 25.0. The van der Waals surface area contributed by atoms with Crippen LogP contribution < -0.4 is 5.32 Å². The lowest BCUT2D eigenvalue weighted by Crippen LogP contribution is -2.31. The lowest BCUT2D eigenvalue weighted by atomic mass is 10.1. The summed E-state index contributed by atoms with van der Waals surface area (Å²) in [7, 11) is -3.69. The van der Waals surface area contributed by atoms with E-state index in [4.69, 9.17) is 4.74 Å². The highest BCUT2D eigenvalue weighted by Crippen LogP contribution is 2.24. The fourth-order valence-corrected chi connectivity index (χ4v) is 5.37. The number of rotatable bonds is 8. The molecule has 8 nitrogen and oxygen atoms in total. The fourth-order valence-electron chi connectivity index (χ4n) is 3.66. The number of amides is 1. The minimum absolute atomic E-state index is 0.124. The zero-order valence-corrected chi connectivity index (χ0v) is 20.8. The monoisotopic (exact) mass is 483 g/mol. The van der Waals surface area contributed by atoms with Gasteiger partial charge in [0, 0.05) is 24.2 Å². The molecular weight excluding hydrogens is 454 g/mol. The van der Waals surface area contributed by atoms with Crippen molar-refractivity contribution in [1.29, 1.82) is 0 Å². The maximum atomic E-state index is 12.9. The summed E-state index contributed by atoms with van der Waals surface area (Å²) in [6.45, 7) is 9.06. The molecule has 1 heterocycles. The van der Waals surface area contributed by atoms with Crippen LogP contribution in [0.25, 0.3) is 10.9 Å². The van der Waals surface area contributed by atoms with E-state index in [1.807, 2.05) is 25.1 Å². The highest BCUT2D eigenvalue weighted by Gasteiger charge is 2.24. The molecule has 0 spiro atoms. The summed E-state index contributed by atoms with van der Waals surface area (Å²) in [6, 6.07) is 12.1. The molecule has 180 valence electrons. The fraction of sp³-hybridized carbons (Fsp3) is 0.320. The van der Waals surface area contributed by atoms with Crippen LogP contribution in [0.5, 0.6) is 0 Å². The van der Waals surface area contributed by atoms with E-state index in [2.05, 4.69) is 10.3 Å². The van der Waals surface area contributed by atoms with E-state index in [1.165, 1.54) is 10.4 Å². The van der Waals surface area contributed by atoms with Gasteiger partial charge < -0.3 is 10.1 Å². The number of benzene rings is 2. The van der Waals surface area contributed by atoms with Gasteiger partial charge in [-0.2, -0.15) is 4.31 Å². The highest BCUT2D eigenvalue weighted by atomic mass is 32.2. The number of hydrogen-bond acceptors (Lipinski definition) is 6. The van der Waals surface area contributed by atoms with Crippen LogP contribution in [0.2, 0.25) is 0 Å². The van der Waals surface area contributed by atoms with Crippen LogP contribution in [-0.4, -0.2) is 49.3 Å². The number of sulfonamides is 1. The summed E-state index contributed by atoms with van der Waals surface area (Å²) >= 11 is 0. The van der Waals surface area contributed by atoms with Crippen LogP contribution in [0.15, 0.2) is 47.4 Å². The third kappa shape index (κ3) is 5.43. The molecule has 0 saturated heterocycles. The summed E-state index contributed by atoms with van der Waals surface area (Å²) in [6.07, 6.45) is 0. The quantitative estimate of drug-likeness (QED) is 0.486. The first-order valence-electron chi connectivity index (χ1n) is 11.0. The Morgan fingerprint density at radius 1 is 1.00 bits per heavy atom. The van der Waals surface area contributed by atoms with Crippen LogP contribution in [0.3, 0.4) is 0 Å². The van der Waals surface area contributed by atoms with E-state index >= 15 is 0 Å². The predicted octanol–water partition coefficient (Wildman–Crippen LogP) is 3.99. The third-order valence-electron chi connectivity index (χ3n) is 5.51. The van der Waals surface area contributed by atoms with Crippen molar-refractivity contribution in [2.75, 3.05) is 25.0 Å². The van der Waals surface area contributed by atoms with Gasteiger partial charge in [0.25, 0.3) is 5.91 Å². The van der Waals surface area contributed by atoms with Crippen LogP contribution >= 0.6 is 0 Å². The second kappa shape index (κ2) is 10.3. The molecule has 3 aromatic rings. The summed E-state index contributed by atoms with van der Waals surface area (Å²) in [5.74, 6) is -1.23. The molecule has 0 fully saturated rings. The average molecular weight is 484 g/mol. The van der Waals surface area contributed by atoms with Gasteiger partial charge >= 0.3 is 5.97 Å². The molecule has 34 heavy (non-hydrogen) atoms. The number of esters is 1. The molecule has 1 N–H and O–H groups in total. The number of pyridine rings is 1. The van der Waals surface area contributed by atoms with Crippen LogP contribution in [0.4, 0.5) is 5.69 Å². The van der Waals surface area contributed by atoms with Crippen molar-refractivity contribution in [2.45, 2.75) is 39.5 Å². The Kier molecular flexibility index (Phi) is 7.68. The van der Waals surface area contributed by atoms with Gasteiger partial charge in [0.05, 0.1) is 21.7 Å². The lowest BCUT2D eigenvalue weighted by Gasteiger charge is -2.20. The molecule has 0 bridgehead atoms. The number of hydrogen-bond donors (Lipinski definition) is 1. The Morgan fingerprint density at radius 2 is 1.71 bits per heavy atom. The van der Waals surface area contributed by atoms with Gasteiger partial charge in [-0.3, -0.25) is 9.78 Å². The van der Waals surface area contributed by atoms with Crippen molar-refractivity contribution in [3.05, 3.63) is 64.8 Å². The second-order valence-electron chi connectivity index (χ2n) is 8.01. The topological polar surface area (TPSA) is 106 Å². The Labute approximate surface area is 200 Å². The first kappa shape index (κ1) is 25.3. The molecule has 3 rings (SSSR count). The lowest BCUT2D eigenvalue weighted by molar-refractivity contribution is -0.119. The normalized spacial score (nSPS) is 11.6.